The molecule has 0 bridgehead atoms. The SMILES string of the molecule is C[C@@H]1O[C@@H](O[C@H]2[C@H](O)[C@@H](O)[C@H](OC[C@H]3O[C@@H](OC(=O)[C@]45CCC(C)(C)C[C@H]4C4=CC[C@@H]6[C@@]7(C)CC[C@H](O[C@@H]8O[C@@H](C)[C@H](O)[C@@H](O)[C@H]8O)C(C)(C)[C@@H]7CC[C@@]6(C)[C@]4(C)CC5)[C@H](O)[C@@H](O)[C@@H]3O)O[C@@H]2CO)[C@H](O)[C@H](O)[C@H]1O. The van der Waals surface area contributed by atoms with Gasteiger partial charge < -0.3 is 99.2 Å². The molecule has 8 fully saturated rings. The lowest BCUT2D eigenvalue weighted by atomic mass is 9.33. The Morgan fingerprint density at radius 2 is 1.15 bits per heavy atom. The van der Waals surface area contributed by atoms with E-state index in [2.05, 4.69) is 54.5 Å². The zero-order chi connectivity index (χ0) is 54.9. The summed E-state index contributed by atoms with van der Waals surface area (Å²) in [6.07, 6.45) is -20.5. The maximum Gasteiger partial charge on any atom is 0.315 e. The molecule has 4 heterocycles. The van der Waals surface area contributed by atoms with Gasteiger partial charge in [-0.1, -0.05) is 60.1 Å². The summed E-state index contributed by atoms with van der Waals surface area (Å²) in [5.41, 5.74) is -0.678. The van der Waals surface area contributed by atoms with Crippen LogP contribution in [0, 0.1) is 50.2 Å². The van der Waals surface area contributed by atoms with Crippen molar-refractivity contribution in [2.24, 2.45) is 50.2 Å². The molecule has 12 N–H and O–H groups in total. The highest BCUT2D eigenvalue weighted by molar-refractivity contribution is 5.79. The first-order valence-electron chi connectivity index (χ1n) is 27.5. The molecule has 75 heavy (non-hydrogen) atoms. The number of esters is 1. The molecule has 28 atom stereocenters. The number of aliphatic hydroxyl groups excluding tert-OH is 12. The number of aliphatic hydroxyl groups is 12. The zero-order valence-corrected chi connectivity index (χ0v) is 45.0. The van der Waals surface area contributed by atoms with Gasteiger partial charge in [0.15, 0.2) is 18.9 Å². The summed E-state index contributed by atoms with van der Waals surface area (Å²) in [7, 11) is 0. The van der Waals surface area contributed by atoms with E-state index in [4.69, 9.17) is 37.9 Å². The minimum atomic E-state index is -1.86. The highest BCUT2D eigenvalue weighted by Gasteiger charge is 2.70. The Morgan fingerprint density at radius 3 is 1.77 bits per heavy atom. The van der Waals surface area contributed by atoms with Crippen LogP contribution in [0.5, 0.6) is 0 Å². The lowest BCUT2D eigenvalue weighted by Gasteiger charge is -2.71. The van der Waals surface area contributed by atoms with Crippen molar-refractivity contribution in [2.45, 2.75) is 255 Å². The quantitative estimate of drug-likeness (QED) is 0.0780. The smallest absolute Gasteiger partial charge is 0.315 e. The number of ether oxygens (including phenoxy) is 8. The molecule has 9 rings (SSSR count). The number of fused-ring (bicyclic) bond motifs is 7. The summed E-state index contributed by atoms with van der Waals surface area (Å²) in [4.78, 5) is 15.1. The Hall–Kier alpha value is -1.55. The van der Waals surface area contributed by atoms with Crippen molar-refractivity contribution < 1.29 is 104 Å². The summed E-state index contributed by atoms with van der Waals surface area (Å²) in [6.45, 7) is 17.9. The van der Waals surface area contributed by atoms with Crippen molar-refractivity contribution in [2.75, 3.05) is 13.2 Å². The van der Waals surface area contributed by atoms with E-state index in [0.29, 0.717) is 25.2 Å². The van der Waals surface area contributed by atoms with Gasteiger partial charge in [0.25, 0.3) is 0 Å². The van der Waals surface area contributed by atoms with Crippen LogP contribution in [0.4, 0.5) is 0 Å². The van der Waals surface area contributed by atoms with Crippen LogP contribution < -0.4 is 0 Å². The van der Waals surface area contributed by atoms with Gasteiger partial charge in [-0.25, -0.2) is 0 Å². The Balaban J connectivity index is 0.892. The van der Waals surface area contributed by atoms with Gasteiger partial charge in [0.05, 0.1) is 36.9 Å². The van der Waals surface area contributed by atoms with E-state index in [9.17, 15) is 61.3 Å². The standard InChI is InChI=1S/C54H88O21/c1-23-32(56)35(59)39(63)45(69-23)73-31-13-14-51(7)29(50(31,5)6)12-15-53(9)30(51)11-10-25-26-20-49(3,4)16-18-54(26,19-17-52(25,53)8)48(67)75-47-41(65)37(61)34(58)28(72-47)22-68-44-42(66)38(62)43(27(21-55)71-44)74-46-40(64)36(60)33(57)24(2)70-46/h10,23-24,26-47,55-66H,11-22H2,1-9H3/t23-,24-,26-,27+,28+,29-,30+,31-,32-,33-,34+,35+,36+,37-,38+,39+,40+,41+,42+,43+,44+,45-,46-,47-,51-,52+,53+,54-/m0/s1. The van der Waals surface area contributed by atoms with Gasteiger partial charge >= 0.3 is 5.97 Å². The van der Waals surface area contributed by atoms with Crippen LogP contribution in [0.2, 0.25) is 0 Å². The molecule has 21 nitrogen and oxygen atoms in total. The summed E-state index contributed by atoms with van der Waals surface area (Å²) in [5, 5.41) is 129. The second kappa shape index (κ2) is 20.8. The summed E-state index contributed by atoms with van der Waals surface area (Å²) >= 11 is 0. The first-order valence-corrected chi connectivity index (χ1v) is 27.5. The van der Waals surface area contributed by atoms with Crippen molar-refractivity contribution >= 4 is 5.97 Å². The predicted octanol–water partition coefficient (Wildman–Crippen LogP) is 0.0199. The molecule has 4 aliphatic heterocycles. The van der Waals surface area contributed by atoms with E-state index in [0.717, 1.165) is 44.9 Å². The van der Waals surface area contributed by atoms with E-state index < -0.39 is 147 Å². The summed E-state index contributed by atoms with van der Waals surface area (Å²) in [6, 6.07) is 0. The van der Waals surface area contributed by atoms with Crippen molar-refractivity contribution in [3.63, 3.8) is 0 Å². The van der Waals surface area contributed by atoms with E-state index in [1.54, 1.807) is 6.92 Å². The fourth-order valence-corrected chi connectivity index (χ4v) is 16.3. The molecule has 0 radical (unpaired) electrons. The molecule has 0 amide bonds. The molecule has 4 saturated carbocycles. The van der Waals surface area contributed by atoms with Crippen molar-refractivity contribution in [1.29, 1.82) is 0 Å². The minimum Gasteiger partial charge on any atom is -0.432 e. The van der Waals surface area contributed by atoms with Crippen LogP contribution in [0.1, 0.15) is 127 Å². The van der Waals surface area contributed by atoms with E-state index >= 15 is 4.79 Å². The second-order valence-electron chi connectivity index (χ2n) is 26.3. The Labute approximate surface area is 439 Å². The fourth-order valence-electron chi connectivity index (χ4n) is 16.3. The second-order valence-corrected chi connectivity index (χ2v) is 26.3. The average Bonchev–Trinajstić information content (AvgIpc) is 3.37. The van der Waals surface area contributed by atoms with E-state index in [-0.39, 0.29) is 45.0 Å². The third-order valence-corrected chi connectivity index (χ3v) is 21.3. The van der Waals surface area contributed by atoms with Gasteiger partial charge in [0.1, 0.15) is 85.5 Å². The Kier molecular flexibility index (Phi) is 16.1. The molecule has 9 aliphatic rings. The van der Waals surface area contributed by atoms with Crippen molar-refractivity contribution in [3.05, 3.63) is 11.6 Å². The van der Waals surface area contributed by atoms with Crippen LogP contribution >= 0.6 is 0 Å². The monoisotopic (exact) mass is 1070 g/mol. The summed E-state index contributed by atoms with van der Waals surface area (Å²) in [5.74, 6) is -0.217. The molecule has 0 aromatic heterocycles. The first-order chi connectivity index (χ1) is 35.0. The molecule has 430 valence electrons. The molecule has 0 unspecified atom stereocenters. The topological polar surface area (TPSA) is 334 Å². The molecule has 21 heteroatoms. The molecule has 5 aliphatic carbocycles. The van der Waals surface area contributed by atoms with Gasteiger partial charge in [-0.2, -0.15) is 0 Å². The third-order valence-electron chi connectivity index (χ3n) is 21.3. The minimum absolute atomic E-state index is 0.0844. The van der Waals surface area contributed by atoms with Gasteiger partial charge in [-0.05, 0) is 123 Å². The number of allylic oxidation sites excluding steroid dienone is 2. The van der Waals surface area contributed by atoms with Crippen LogP contribution in [0.25, 0.3) is 0 Å². The lowest BCUT2D eigenvalue weighted by Crippen LogP contribution is -2.66. The number of rotatable bonds is 10. The molecule has 0 aromatic carbocycles. The lowest BCUT2D eigenvalue weighted by molar-refractivity contribution is -0.361. The maximum absolute atomic E-state index is 15.1. The highest BCUT2D eigenvalue weighted by Crippen LogP contribution is 2.76. The average molecular weight is 1070 g/mol. The van der Waals surface area contributed by atoms with Crippen LogP contribution in [0.3, 0.4) is 0 Å². The largest absolute Gasteiger partial charge is 0.432 e. The van der Waals surface area contributed by atoms with Gasteiger partial charge in [0.2, 0.25) is 6.29 Å². The molecular formula is C54H88O21. The molecular weight excluding hydrogens is 985 g/mol. The predicted molar refractivity (Wildman–Crippen MR) is 260 cm³/mol. The third kappa shape index (κ3) is 9.51. The Morgan fingerprint density at radius 1 is 0.587 bits per heavy atom. The van der Waals surface area contributed by atoms with Crippen LogP contribution in [0.15, 0.2) is 11.6 Å². The zero-order valence-electron chi connectivity index (χ0n) is 45.0. The van der Waals surface area contributed by atoms with Gasteiger partial charge in [0, 0.05) is 0 Å². The van der Waals surface area contributed by atoms with Gasteiger partial charge in [-0.3, -0.25) is 4.79 Å². The fraction of sp³-hybridized carbons (Fsp3) is 0.944. The maximum atomic E-state index is 15.1. The van der Waals surface area contributed by atoms with Crippen LogP contribution in [-0.4, -0.2) is 209 Å². The van der Waals surface area contributed by atoms with Gasteiger partial charge in [-0.15, -0.1) is 0 Å². The molecule has 0 spiro atoms. The van der Waals surface area contributed by atoms with Crippen molar-refractivity contribution in [3.8, 4) is 0 Å². The first kappa shape index (κ1) is 58.1. The Bertz CT molecular complexity index is 2070. The number of hydrogen-bond acceptors (Lipinski definition) is 21. The number of hydrogen-bond donors (Lipinski definition) is 12. The summed E-state index contributed by atoms with van der Waals surface area (Å²) < 4.78 is 47.4. The number of carbonyl (C=O) groups is 1. The molecule has 4 saturated heterocycles. The van der Waals surface area contributed by atoms with E-state index in [1.165, 1.54) is 12.5 Å². The van der Waals surface area contributed by atoms with Crippen LogP contribution in [-0.2, 0) is 42.7 Å². The van der Waals surface area contributed by atoms with E-state index in [1.807, 2.05) is 0 Å². The molecule has 0 aromatic rings. The van der Waals surface area contributed by atoms with Crippen molar-refractivity contribution in [1.82, 2.24) is 0 Å². The highest BCUT2D eigenvalue weighted by atomic mass is 16.8. The number of carbonyl (C=O) groups excluding carboxylic acids is 1. The normalized spacial score (nSPS) is 54.5.